The molecule has 3 aromatic rings. The first-order chi connectivity index (χ1) is 14.2. The summed E-state index contributed by atoms with van der Waals surface area (Å²) in [6.07, 6.45) is 3.02. The fourth-order valence-corrected chi connectivity index (χ4v) is 4.65. The van der Waals surface area contributed by atoms with Crippen LogP contribution in [0.5, 0.6) is 0 Å². The third kappa shape index (κ3) is 4.42. The number of thiophene rings is 1. The van der Waals surface area contributed by atoms with Crippen molar-refractivity contribution in [3.05, 3.63) is 86.8 Å². The number of halogens is 1. The molecule has 1 aliphatic heterocycles. The zero-order valence-electron chi connectivity index (χ0n) is 16.3. The largest absolute Gasteiger partial charge is 0.310 e. The number of hydrogen-bond donors (Lipinski definition) is 2. The fraction of sp³-hybridized carbons (Fsp3) is 0.217. The summed E-state index contributed by atoms with van der Waals surface area (Å²) in [7, 11) is 0. The molecule has 0 atom stereocenters. The van der Waals surface area contributed by atoms with E-state index in [1.807, 2.05) is 24.3 Å². The topological polar surface area (TPSA) is 62.8 Å². The molecule has 148 valence electrons. The van der Waals surface area contributed by atoms with Gasteiger partial charge in [0.1, 0.15) is 10.8 Å². The zero-order chi connectivity index (χ0) is 20.2. The number of hydrogen-bond acceptors (Lipinski definition) is 5. The molecular weight excluding hydrogens is 400 g/mol. The fourth-order valence-electron chi connectivity index (χ4n) is 3.37. The lowest BCUT2D eigenvalue weighted by Gasteiger charge is -2.07. The molecule has 0 aliphatic carbocycles. The highest BCUT2D eigenvalue weighted by Crippen LogP contribution is 2.36. The Labute approximate surface area is 180 Å². The minimum atomic E-state index is 0.400. The molecular formula is C23H23ClN4S. The zero-order valence-corrected chi connectivity index (χ0v) is 17.9. The minimum absolute atomic E-state index is 0.400. The second-order valence-electron chi connectivity index (χ2n) is 6.95. The van der Waals surface area contributed by atoms with Gasteiger partial charge in [-0.25, -0.2) is 10.8 Å². The Morgan fingerprint density at radius 1 is 1.03 bits per heavy atom. The maximum Gasteiger partial charge on any atom is 0.139 e. The van der Waals surface area contributed by atoms with E-state index >= 15 is 0 Å². The van der Waals surface area contributed by atoms with Crippen molar-refractivity contribution in [3.63, 3.8) is 0 Å². The molecule has 0 bridgehead atoms. The van der Waals surface area contributed by atoms with Crippen LogP contribution in [0.3, 0.4) is 0 Å². The quantitative estimate of drug-likeness (QED) is 0.444. The Balaban J connectivity index is 1.63. The van der Waals surface area contributed by atoms with Gasteiger partial charge in [-0.2, -0.15) is 0 Å². The Kier molecular flexibility index (Phi) is 6.09. The van der Waals surface area contributed by atoms with E-state index in [1.54, 1.807) is 11.3 Å². The molecule has 0 saturated carbocycles. The summed E-state index contributed by atoms with van der Waals surface area (Å²) in [4.78, 5) is 10.7. The molecule has 3 N–H and O–H groups in total. The normalized spacial score (nSPS) is 13.3. The number of nitrogens with one attached hydrogen (secondary N) is 1. The van der Waals surface area contributed by atoms with Gasteiger partial charge in [-0.3, -0.25) is 4.99 Å². The summed E-state index contributed by atoms with van der Waals surface area (Å²) in [6.45, 7) is 2.58. The summed E-state index contributed by atoms with van der Waals surface area (Å²) < 4.78 is 0. The monoisotopic (exact) mass is 422 g/mol. The number of amidine groups is 1. The first-order valence-corrected chi connectivity index (χ1v) is 10.9. The predicted molar refractivity (Wildman–Crippen MR) is 124 cm³/mol. The maximum atomic E-state index is 6.47. The van der Waals surface area contributed by atoms with Crippen molar-refractivity contribution in [2.45, 2.75) is 26.2 Å². The lowest BCUT2D eigenvalue weighted by Crippen LogP contribution is -2.32. The molecule has 0 radical (unpaired) electrons. The van der Waals surface area contributed by atoms with Gasteiger partial charge in [0, 0.05) is 21.0 Å². The molecule has 1 aromatic heterocycles. The van der Waals surface area contributed by atoms with Crippen LogP contribution in [0.25, 0.3) is 0 Å². The number of aliphatic imine (C=N–C) groups is 2. The maximum absolute atomic E-state index is 6.47. The number of nitrogens with two attached hydrogens (primary N) is 1. The van der Waals surface area contributed by atoms with Gasteiger partial charge in [0.2, 0.25) is 0 Å². The summed E-state index contributed by atoms with van der Waals surface area (Å²) >= 11 is 8.16. The van der Waals surface area contributed by atoms with Crippen LogP contribution in [-0.2, 0) is 19.3 Å². The summed E-state index contributed by atoms with van der Waals surface area (Å²) in [6, 6.07) is 18.9. The van der Waals surface area contributed by atoms with E-state index in [0.717, 1.165) is 41.1 Å². The van der Waals surface area contributed by atoms with Crippen molar-refractivity contribution in [3.8, 4) is 0 Å². The van der Waals surface area contributed by atoms with E-state index in [9.17, 15) is 0 Å². The van der Waals surface area contributed by atoms with Gasteiger partial charge in [-0.15, -0.1) is 11.3 Å². The van der Waals surface area contributed by atoms with Crippen LogP contribution in [0.1, 0.15) is 34.1 Å². The lowest BCUT2D eigenvalue weighted by atomic mass is 10.0. The van der Waals surface area contributed by atoms with Crippen LogP contribution < -0.4 is 11.3 Å². The third-order valence-corrected chi connectivity index (χ3v) is 6.45. The molecule has 0 saturated heterocycles. The number of nitrogens with zero attached hydrogens (tertiary/aromatic N) is 2. The smallest absolute Gasteiger partial charge is 0.139 e. The first kappa shape index (κ1) is 19.8. The Bertz CT molecular complexity index is 1070. The molecule has 0 unspecified atom stereocenters. The molecule has 6 heteroatoms. The molecule has 2 heterocycles. The van der Waals surface area contributed by atoms with Crippen LogP contribution in [0, 0.1) is 0 Å². The van der Waals surface area contributed by atoms with Gasteiger partial charge < -0.3 is 5.43 Å². The molecule has 2 aromatic carbocycles. The van der Waals surface area contributed by atoms with E-state index in [2.05, 4.69) is 42.7 Å². The van der Waals surface area contributed by atoms with Crippen LogP contribution in [-0.4, -0.2) is 18.1 Å². The molecule has 0 amide bonds. The van der Waals surface area contributed by atoms with Crippen LogP contribution in [0.2, 0.25) is 5.02 Å². The third-order valence-electron chi connectivity index (χ3n) is 5.03. The van der Waals surface area contributed by atoms with Gasteiger partial charge in [-0.1, -0.05) is 61.0 Å². The van der Waals surface area contributed by atoms with Gasteiger partial charge in [-0.05, 0) is 42.5 Å². The number of hydrazine groups is 1. The van der Waals surface area contributed by atoms with E-state index in [-0.39, 0.29) is 0 Å². The molecule has 0 fully saturated rings. The minimum Gasteiger partial charge on any atom is -0.310 e. The Morgan fingerprint density at radius 3 is 2.52 bits per heavy atom. The molecule has 4 rings (SSSR count). The van der Waals surface area contributed by atoms with E-state index in [0.29, 0.717) is 17.4 Å². The predicted octanol–water partition coefficient (Wildman–Crippen LogP) is 5.09. The van der Waals surface area contributed by atoms with Crippen molar-refractivity contribution in [1.82, 2.24) is 5.43 Å². The first-order valence-electron chi connectivity index (χ1n) is 9.72. The van der Waals surface area contributed by atoms with Crippen molar-refractivity contribution in [2.75, 3.05) is 6.54 Å². The van der Waals surface area contributed by atoms with Crippen LogP contribution >= 0.6 is 22.9 Å². The second kappa shape index (κ2) is 8.91. The number of benzene rings is 2. The number of rotatable bonds is 5. The molecule has 29 heavy (non-hydrogen) atoms. The van der Waals surface area contributed by atoms with E-state index in [1.165, 1.54) is 16.0 Å². The van der Waals surface area contributed by atoms with Gasteiger partial charge in [0.25, 0.3) is 0 Å². The average Bonchev–Trinajstić information content (AvgIpc) is 3.07. The lowest BCUT2D eigenvalue weighted by molar-refractivity contribution is 0.976. The number of fused-ring (bicyclic) bond motifs is 1. The SMILES string of the molecule is CCc1ccc(CCc2cc3c(s2)N=C(NN)CN=C3c2ccccc2Cl)cc1. The molecule has 4 nitrogen and oxygen atoms in total. The van der Waals surface area contributed by atoms with Gasteiger partial charge in [0.15, 0.2) is 0 Å². The van der Waals surface area contributed by atoms with Crippen molar-refractivity contribution in [2.24, 2.45) is 15.8 Å². The highest BCUT2D eigenvalue weighted by atomic mass is 35.5. The van der Waals surface area contributed by atoms with E-state index in [4.69, 9.17) is 27.4 Å². The molecule has 0 spiro atoms. The second-order valence-corrected chi connectivity index (χ2v) is 8.47. The average molecular weight is 423 g/mol. The van der Waals surface area contributed by atoms with Gasteiger partial charge in [0.05, 0.1) is 12.3 Å². The van der Waals surface area contributed by atoms with Gasteiger partial charge >= 0.3 is 0 Å². The summed E-state index contributed by atoms with van der Waals surface area (Å²) in [5.41, 5.74) is 8.19. The highest BCUT2D eigenvalue weighted by Gasteiger charge is 2.21. The van der Waals surface area contributed by atoms with Crippen molar-refractivity contribution >= 4 is 39.5 Å². The van der Waals surface area contributed by atoms with Crippen molar-refractivity contribution in [1.29, 1.82) is 0 Å². The van der Waals surface area contributed by atoms with Crippen LogP contribution in [0.15, 0.2) is 64.6 Å². The summed E-state index contributed by atoms with van der Waals surface area (Å²) in [5, 5.41) is 1.61. The number of aryl methyl sites for hydroxylation is 3. The summed E-state index contributed by atoms with van der Waals surface area (Å²) in [5.74, 6) is 6.29. The highest BCUT2D eigenvalue weighted by molar-refractivity contribution is 7.16. The Hall–Kier alpha value is -2.47. The van der Waals surface area contributed by atoms with E-state index < -0.39 is 0 Å². The molecule has 1 aliphatic rings. The van der Waals surface area contributed by atoms with Crippen LogP contribution in [0.4, 0.5) is 5.00 Å². The Morgan fingerprint density at radius 2 is 1.79 bits per heavy atom. The van der Waals surface area contributed by atoms with Crippen molar-refractivity contribution < 1.29 is 0 Å². The standard InChI is InChI=1S/C23H23ClN4S/c1-2-15-7-9-16(10-8-15)11-12-17-13-19-22(18-5-3-4-6-20(18)24)26-14-21(28-25)27-23(19)29-17/h3-10,13H,2,11-12,14,25H2,1H3,(H,27,28).